The van der Waals surface area contributed by atoms with Gasteiger partial charge in [0.15, 0.2) is 5.60 Å². The standard InChI is InChI=1S/C22H30F3N7O4S/c1-15-14-36-8-7-30(15)12-17-13-31(37(34,35)18-3-4-19(26)27-11-18)5-6-32(17)20-28-9-16(10-29-20)21(2,33)22(23,24)25/h3-4,9-11,15,17,33H,5-8,12-14H2,1-2H3,(H2,26,27)/t15-,17-,21-/m0/s1. The Balaban J connectivity index is 1.61. The Morgan fingerprint density at radius 1 is 1.14 bits per heavy atom. The molecule has 0 aromatic carbocycles. The lowest BCUT2D eigenvalue weighted by Gasteiger charge is -2.44. The molecule has 0 bridgehead atoms. The number of morpholine rings is 1. The number of pyridine rings is 1. The molecular formula is C22H30F3N7O4S. The number of anilines is 2. The highest BCUT2D eigenvalue weighted by atomic mass is 32.2. The van der Waals surface area contributed by atoms with E-state index >= 15 is 0 Å². The molecule has 37 heavy (non-hydrogen) atoms. The first-order chi connectivity index (χ1) is 17.3. The summed E-state index contributed by atoms with van der Waals surface area (Å²) in [6.45, 7) is 5.23. The average molecular weight is 546 g/mol. The second-order valence-electron chi connectivity index (χ2n) is 9.39. The number of nitrogens with zero attached hydrogens (tertiary/aromatic N) is 6. The van der Waals surface area contributed by atoms with Crippen molar-refractivity contribution >= 4 is 21.8 Å². The Morgan fingerprint density at radius 3 is 2.43 bits per heavy atom. The van der Waals surface area contributed by atoms with Gasteiger partial charge in [-0.3, -0.25) is 4.90 Å². The number of piperazine rings is 1. The van der Waals surface area contributed by atoms with Crippen LogP contribution in [0.15, 0.2) is 35.6 Å². The highest BCUT2D eigenvalue weighted by Gasteiger charge is 2.51. The molecule has 0 aliphatic carbocycles. The average Bonchev–Trinajstić information content (AvgIpc) is 2.85. The minimum Gasteiger partial charge on any atom is -0.384 e. The van der Waals surface area contributed by atoms with Gasteiger partial charge in [0.1, 0.15) is 10.7 Å². The van der Waals surface area contributed by atoms with Crippen molar-refractivity contribution in [3.8, 4) is 0 Å². The number of rotatable bonds is 6. The third kappa shape index (κ3) is 5.65. The molecule has 0 unspecified atom stereocenters. The van der Waals surface area contributed by atoms with Crippen LogP contribution in [-0.4, -0.2) is 102 Å². The lowest BCUT2D eigenvalue weighted by molar-refractivity contribution is -0.259. The second kappa shape index (κ2) is 10.3. The summed E-state index contributed by atoms with van der Waals surface area (Å²) >= 11 is 0. The molecule has 0 radical (unpaired) electrons. The summed E-state index contributed by atoms with van der Waals surface area (Å²) in [5.41, 5.74) is 2.01. The van der Waals surface area contributed by atoms with Gasteiger partial charge >= 0.3 is 6.18 Å². The van der Waals surface area contributed by atoms with Gasteiger partial charge in [0, 0.05) is 62.9 Å². The van der Waals surface area contributed by atoms with Crippen LogP contribution in [0.5, 0.6) is 0 Å². The lowest BCUT2D eigenvalue weighted by Crippen LogP contribution is -2.60. The van der Waals surface area contributed by atoms with Crippen molar-refractivity contribution in [1.29, 1.82) is 0 Å². The van der Waals surface area contributed by atoms with Gasteiger partial charge in [0.25, 0.3) is 0 Å². The van der Waals surface area contributed by atoms with E-state index < -0.39 is 33.4 Å². The maximum Gasteiger partial charge on any atom is 0.421 e. The van der Waals surface area contributed by atoms with Crippen LogP contribution in [-0.2, 0) is 20.4 Å². The Hall–Kier alpha value is -2.59. The molecule has 2 aromatic heterocycles. The predicted octanol–water partition coefficient (Wildman–Crippen LogP) is 0.824. The zero-order chi connectivity index (χ0) is 27.0. The van der Waals surface area contributed by atoms with Crippen molar-refractivity contribution in [3.63, 3.8) is 0 Å². The summed E-state index contributed by atoms with van der Waals surface area (Å²) in [6, 6.07) is 2.51. The van der Waals surface area contributed by atoms with Crippen LogP contribution in [0.4, 0.5) is 24.9 Å². The van der Waals surface area contributed by atoms with Crippen molar-refractivity contribution in [3.05, 3.63) is 36.3 Å². The van der Waals surface area contributed by atoms with Gasteiger partial charge < -0.3 is 20.5 Å². The molecular weight excluding hydrogens is 515 g/mol. The summed E-state index contributed by atoms with van der Waals surface area (Å²) in [5, 5.41) is 9.95. The number of nitrogens with two attached hydrogens (primary N) is 1. The van der Waals surface area contributed by atoms with E-state index in [2.05, 4.69) is 19.9 Å². The molecule has 2 fully saturated rings. The van der Waals surface area contributed by atoms with Gasteiger partial charge in [-0.2, -0.15) is 17.5 Å². The Morgan fingerprint density at radius 2 is 1.84 bits per heavy atom. The SMILES string of the molecule is C[C@H]1COCCN1C[C@H]1CN(S(=O)(=O)c2ccc(N)nc2)CCN1c1ncc([C@](C)(O)C(F)(F)F)cn1. The molecule has 0 saturated carbocycles. The van der Waals surface area contributed by atoms with E-state index in [0.29, 0.717) is 33.2 Å². The van der Waals surface area contributed by atoms with E-state index in [4.69, 9.17) is 10.5 Å². The first-order valence-corrected chi connectivity index (χ1v) is 13.2. The normalized spacial score (nSPS) is 24.1. The van der Waals surface area contributed by atoms with Gasteiger partial charge in [0.05, 0.1) is 19.3 Å². The van der Waals surface area contributed by atoms with E-state index in [9.17, 15) is 26.7 Å². The van der Waals surface area contributed by atoms with Gasteiger partial charge in [-0.25, -0.2) is 23.4 Å². The summed E-state index contributed by atoms with van der Waals surface area (Å²) in [7, 11) is -3.87. The predicted molar refractivity (Wildman–Crippen MR) is 128 cm³/mol. The van der Waals surface area contributed by atoms with Crippen LogP contribution in [0.3, 0.4) is 0 Å². The summed E-state index contributed by atoms with van der Waals surface area (Å²) in [6.07, 6.45) is -1.78. The van der Waals surface area contributed by atoms with Crippen molar-refractivity contribution in [2.75, 3.05) is 56.6 Å². The molecule has 2 aliphatic rings. The first-order valence-electron chi connectivity index (χ1n) is 11.7. The number of hydrogen-bond acceptors (Lipinski definition) is 10. The molecule has 3 N–H and O–H groups in total. The van der Waals surface area contributed by atoms with Crippen molar-refractivity contribution in [2.45, 2.75) is 42.6 Å². The Kier molecular flexibility index (Phi) is 7.63. The number of hydrogen-bond donors (Lipinski definition) is 2. The number of alkyl halides is 3. The second-order valence-corrected chi connectivity index (χ2v) is 11.3. The molecule has 4 rings (SSSR count). The molecule has 0 spiro atoms. The van der Waals surface area contributed by atoms with Crippen molar-refractivity contribution in [1.82, 2.24) is 24.2 Å². The van der Waals surface area contributed by atoms with Gasteiger partial charge in [0.2, 0.25) is 16.0 Å². The van der Waals surface area contributed by atoms with E-state index in [1.54, 1.807) is 4.90 Å². The third-order valence-electron chi connectivity index (χ3n) is 6.80. The molecule has 11 nitrogen and oxygen atoms in total. The minimum absolute atomic E-state index is 0.0172. The van der Waals surface area contributed by atoms with E-state index in [0.717, 1.165) is 12.4 Å². The fourth-order valence-corrected chi connectivity index (χ4v) is 5.76. The number of halogens is 3. The Bertz CT molecular complexity index is 1180. The molecule has 204 valence electrons. The summed E-state index contributed by atoms with van der Waals surface area (Å²) in [4.78, 5) is 16.1. The fraction of sp³-hybridized carbons (Fsp3) is 0.591. The first kappa shape index (κ1) is 27.4. The monoisotopic (exact) mass is 545 g/mol. The largest absolute Gasteiger partial charge is 0.421 e. The zero-order valence-corrected chi connectivity index (χ0v) is 21.3. The number of nitrogen functional groups attached to an aromatic ring is 1. The molecule has 2 aliphatic heterocycles. The van der Waals surface area contributed by atoms with E-state index in [1.165, 1.54) is 22.6 Å². The molecule has 4 heterocycles. The number of sulfonamides is 1. The smallest absolute Gasteiger partial charge is 0.384 e. The molecule has 2 aromatic rings. The number of aliphatic hydroxyl groups is 1. The topological polar surface area (TPSA) is 138 Å². The van der Waals surface area contributed by atoms with Crippen LogP contribution in [0.1, 0.15) is 19.4 Å². The van der Waals surface area contributed by atoms with Gasteiger partial charge in [-0.15, -0.1) is 0 Å². The number of ether oxygens (including phenoxy) is 1. The third-order valence-corrected chi connectivity index (χ3v) is 8.65. The summed E-state index contributed by atoms with van der Waals surface area (Å²) < 4.78 is 73.2. The maximum absolute atomic E-state index is 13.3. The van der Waals surface area contributed by atoms with Crippen molar-refractivity contribution in [2.24, 2.45) is 0 Å². The Labute approximate surface area is 213 Å². The quantitative estimate of drug-likeness (QED) is 0.537. The van der Waals surface area contributed by atoms with E-state index in [-0.39, 0.29) is 42.3 Å². The molecule has 0 amide bonds. The maximum atomic E-state index is 13.3. The molecule has 3 atom stereocenters. The van der Waals surface area contributed by atoms with Crippen LogP contribution < -0.4 is 10.6 Å². The zero-order valence-electron chi connectivity index (χ0n) is 20.5. The van der Waals surface area contributed by atoms with Crippen LogP contribution in [0.2, 0.25) is 0 Å². The highest BCUT2D eigenvalue weighted by Crippen LogP contribution is 2.38. The van der Waals surface area contributed by atoms with Gasteiger partial charge in [-0.1, -0.05) is 0 Å². The number of aromatic nitrogens is 3. The van der Waals surface area contributed by atoms with E-state index in [1.807, 2.05) is 6.92 Å². The van der Waals surface area contributed by atoms with Crippen LogP contribution in [0.25, 0.3) is 0 Å². The van der Waals surface area contributed by atoms with Crippen LogP contribution in [0, 0.1) is 0 Å². The van der Waals surface area contributed by atoms with Crippen molar-refractivity contribution < 1.29 is 31.4 Å². The highest BCUT2D eigenvalue weighted by molar-refractivity contribution is 7.89. The van der Waals surface area contributed by atoms with Gasteiger partial charge in [-0.05, 0) is 26.0 Å². The molecule has 2 saturated heterocycles. The molecule has 15 heteroatoms. The summed E-state index contributed by atoms with van der Waals surface area (Å²) in [5.74, 6) is 0.354. The van der Waals surface area contributed by atoms with Crippen LogP contribution >= 0.6 is 0 Å². The lowest BCUT2D eigenvalue weighted by atomic mass is 9.99. The minimum atomic E-state index is -4.90. The fourth-order valence-electron chi connectivity index (χ4n) is 4.35.